The molecule has 158 valence electrons. The summed E-state index contributed by atoms with van der Waals surface area (Å²) in [6.45, 7) is 0.734. The lowest BCUT2D eigenvalue weighted by atomic mass is 10.1. The fourth-order valence-corrected chi connectivity index (χ4v) is 3.85. The molecule has 1 aliphatic rings. The molecule has 0 amide bonds. The maximum absolute atomic E-state index is 12.6. The van der Waals surface area contributed by atoms with Gasteiger partial charge >= 0.3 is 5.63 Å². The van der Waals surface area contributed by atoms with E-state index >= 15 is 0 Å². The fraction of sp³-hybridized carbons (Fsp3) is 0.375. The van der Waals surface area contributed by atoms with Crippen molar-refractivity contribution in [1.29, 1.82) is 0 Å². The molecule has 6 nitrogen and oxygen atoms in total. The largest absolute Gasteiger partial charge is 0.507 e. The van der Waals surface area contributed by atoms with Crippen molar-refractivity contribution in [2.45, 2.75) is 44.8 Å². The Kier molecular flexibility index (Phi) is 6.23. The highest BCUT2D eigenvalue weighted by Crippen LogP contribution is 2.41. The van der Waals surface area contributed by atoms with Crippen LogP contribution in [0.25, 0.3) is 11.0 Å². The zero-order valence-electron chi connectivity index (χ0n) is 17.1. The molecule has 0 unspecified atom stereocenters. The van der Waals surface area contributed by atoms with Crippen LogP contribution in [0, 0.1) is 0 Å². The van der Waals surface area contributed by atoms with E-state index in [4.69, 9.17) is 18.6 Å². The Labute approximate surface area is 175 Å². The summed E-state index contributed by atoms with van der Waals surface area (Å²) in [5.74, 6) is 0.764. The van der Waals surface area contributed by atoms with Gasteiger partial charge in [-0.05, 0) is 43.4 Å². The van der Waals surface area contributed by atoms with Gasteiger partial charge in [-0.25, -0.2) is 4.79 Å². The van der Waals surface area contributed by atoms with Crippen molar-refractivity contribution in [3.8, 4) is 17.2 Å². The van der Waals surface area contributed by atoms with E-state index in [-0.39, 0.29) is 29.4 Å². The predicted molar refractivity (Wildman–Crippen MR) is 113 cm³/mol. The van der Waals surface area contributed by atoms with Gasteiger partial charge in [0.25, 0.3) is 0 Å². The topological polar surface area (TPSA) is 78.1 Å². The summed E-state index contributed by atoms with van der Waals surface area (Å²) >= 11 is 0. The average Bonchev–Trinajstić information content (AvgIpc) is 3.27. The summed E-state index contributed by atoms with van der Waals surface area (Å²) in [7, 11) is 1.54. The molecule has 2 aromatic carbocycles. The van der Waals surface area contributed by atoms with E-state index in [1.54, 1.807) is 19.2 Å². The van der Waals surface area contributed by atoms with E-state index < -0.39 is 5.63 Å². The van der Waals surface area contributed by atoms with Crippen molar-refractivity contribution in [3.05, 3.63) is 64.0 Å². The second-order valence-corrected chi connectivity index (χ2v) is 7.50. The molecule has 1 aromatic heterocycles. The van der Waals surface area contributed by atoms with Gasteiger partial charge in [-0.1, -0.05) is 30.3 Å². The first-order valence-electron chi connectivity index (χ1n) is 10.3. The standard InChI is InChI=1S/C24H26O6/c1-27-20-12-11-18-21(25)19(13-14-28-15-16-7-3-2-4-8-16)24(26)30-22(18)23(20)29-17-9-5-6-10-17/h2-4,7-8,11-12,17,25H,5-6,9-10,13-15H2,1H3. The lowest BCUT2D eigenvalue weighted by Crippen LogP contribution is -2.14. The molecule has 0 radical (unpaired) electrons. The molecule has 3 aromatic rings. The van der Waals surface area contributed by atoms with Crippen LogP contribution in [0.5, 0.6) is 17.2 Å². The number of hydrogen-bond acceptors (Lipinski definition) is 6. The first-order valence-corrected chi connectivity index (χ1v) is 10.3. The Morgan fingerprint density at radius 1 is 1.10 bits per heavy atom. The van der Waals surface area contributed by atoms with E-state index in [9.17, 15) is 9.90 Å². The minimum atomic E-state index is -0.590. The average molecular weight is 410 g/mol. The van der Waals surface area contributed by atoms with Crippen molar-refractivity contribution in [2.24, 2.45) is 0 Å². The van der Waals surface area contributed by atoms with Gasteiger partial charge in [0.2, 0.25) is 5.75 Å². The predicted octanol–water partition coefficient (Wildman–Crippen LogP) is 4.59. The highest BCUT2D eigenvalue weighted by molar-refractivity contribution is 5.90. The van der Waals surface area contributed by atoms with Gasteiger partial charge < -0.3 is 23.7 Å². The van der Waals surface area contributed by atoms with Gasteiger partial charge in [0, 0.05) is 6.42 Å². The molecule has 30 heavy (non-hydrogen) atoms. The summed E-state index contributed by atoms with van der Waals surface area (Å²) < 4.78 is 22.8. The molecular weight excluding hydrogens is 384 g/mol. The van der Waals surface area contributed by atoms with Crippen LogP contribution in [0.2, 0.25) is 0 Å². The van der Waals surface area contributed by atoms with Gasteiger partial charge in [0.15, 0.2) is 11.3 Å². The van der Waals surface area contributed by atoms with E-state index in [2.05, 4.69) is 0 Å². The monoisotopic (exact) mass is 410 g/mol. The summed E-state index contributed by atoms with van der Waals surface area (Å²) in [5, 5.41) is 11.2. The van der Waals surface area contributed by atoms with Crippen molar-refractivity contribution >= 4 is 11.0 Å². The molecule has 0 saturated heterocycles. The smallest absolute Gasteiger partial charge is 0.343 e. The maximum Gasteiger partial charge on any atom is 0.343 e. The summed E-state index contributed by atoms with van der Waals surface area (Å²) in [6.07, 6.45) is 4.43. The fourth-order valence-electron chi connectivity index (χ4n) is 3.85. The van der Waals surface area contributed by atoms with Gasteiger partial charge in [-0.3, -0.25) is 0 Å². The minimum Gasteiger partial charge on any atom is -0.507 e. The van der Waals surface area contributed by atoms with Crippen LogP contribution < -0.4 is 15.1 Å². The second-order valence-electron chi connectivity index (χ2n) is 7.50. The number of fused-ring (bicyclic) bond motifs is 1. The third-order valence-electron chi connectivity index (χ3n) is 5.47. The summed E-state index contributed by atoms with van der Waals surface area (Å²) in [5.41, 5.74) is 0.881. The molecule has 1 saturated carbocycles. The molecule has 4 rings (SSSR count). The van der Waals surface area contributed by atoms with Crippen molar-refractivity contribution in [3.63, 3.8) is 0 Å². The van der Waals surface area contributed by atoms with Crippen LogP contribution in [0.15, 0.2) is 51.7 Å². The van der Waals surface area contributed by atoms with Crippen LogP contribution >= 0.6 is 0 Å². The van der Waals surface area contributed by atoms with Crippen LogP contribution in [-0.4, -0.2) is 24.9 Å². The van der Waals surface area contributed by atoms with Crippen LogP contribution in [0.4, 0.5) is 0 Å². The van der Waals surface area contributed by atoms with E-state index in [1.165, 1.54) is 0 Å². The van der Waals surface area contributed by atoms with Gasteiger partial charge in [0.05, 0.1) is 37.4 Å². The lowest BCUT2D eigenvalue weighted by Gasteiger charge is -2.17. The highest BCUT2D eigenvalue weighted by atomic mass is 16.5. The maximum atomic E-state index is 12.6. The summed E-state index contributed by atoms with van der Waals surface area (Å²) in [6, 6.07) is 13.2. The third-order valence-corrected chi connectivity index (χ3v) is 5.47. The summed E-state index contributed by atoms with van der Waals surface area (Å²) in [4.78, 5) is 12.6. The quantitative estimate of drug-likeness (QED) is 0.432. The van der Waals surface area contributed by atoms with Crippen LogP contribution in [0.3, 0.4) is 0 Å². The zero-order chi connectivity index (χ0) is 20.9. The number of benzene rings is 2. The Balaban J connectivity index is 1.57. The van der Waals surface area contributed by atoms with Gasteiger partial charge in [-0.15, -0.1) is 0 Å². The molecule has 1 N–H and O–H groups in total. The number of ether oxygens (including phenoxy) is 3. The number of aromatic hydroxyl groups is 1. The van der Waals surface area contributed by atoms with Crippen LogP contribution in [0.1, 0.15) is 36.8 Å². The number of rotatable bonds is 8. The molecule has 1 fully saturated rings. The molecule has 1 aliphatic carbocycles. The minimum absolute atomic E-state index is 0.0583. The van der Waals surface area contributed by atoms with Gasteiger partial charge in [0.1, 0.15) is 5.75 Å². The van der Waals surface area contributed by atoms with E-state index in [1.807, 2.05) is 30.3 Å². The highest BCUT2D eigenvalue weighted by Gasteiger charge is 2.24. The zero-order valence-corrected chi connectivity index (χ0v) is 17.1. The van der Waals surface area contributed by atoms with E-state index in [0.717, 1.165) is 31.2 Å². The second kappa shape index (κ2) is 9.22. The molecule has 1 heterocycles. The molecule has 0 aliphatic heterocycles. The normalized spacial score (nSPS) is 14.3. The SMILES string of the molecule is COc1ccc2c(O)c(CCOCc3ccccc3)c(=O)oc2c1OC1CCCC1. The molecule has 0 atom stereocenters. The van der Waals surface area contributed by atoms with Crippen molar-refractivity contribution in [2.75, 3.05) is 13.7 Å². The number of hydrogen-bond donors (Lipinski definition) is 1. The molecule has 0 bridgehead atoms. The van der Waals surface area contributed by atoms with E-state index in [0.29, 0.717) is 30.1 Å². The Hall–Kier alpha value is -2.99. The van der Waals surface area contributed by atoms with Crippen molar-refractivity contribution in [1.82, 2.24) is 0 Å². The lowest BCUT2D eigenvalue weighted by molar-refractivity contribution is 0.123. The third kappa shape index (κ3) is 4.28. The number of methoxy groups -OCH3 is 1. The Morgan fingerprint density at radius 2 is 1.87 bits per heavy atom. The van der Waals surface area contributed by atoms with Crippen LogP contribution in [-0.2, 0) is 17.8 Å². The van der Waals surface area contributed by atoms with Gasteiger partial charge in [-0.2, -0.15) is 0 Å². The molecule has 6 heteroatoms. The Morgan fingerprint density at radius 3 is 2.60 bits per heavy atom. The van der Waals surface area contributed by atoms with Crippen molar-refractivity contribution < 1.29 is 23.7 Å². The Bertz CT molecular complexity index is 1050. The first-order chi connectivity index (χ1) is 14.7. The molecular formula is C24H26O6. The molecule has 0 spiro atoms. The first kappa shape index (κ1) is 20.3.